The van der Waals surface area contributed by atoms with E-state index in [0.29, 0.717) is 21.6 Å². The molecule has 1 aromatic rings. The van der Waals surface area contributed by atoms with Crippen LogP contribution in [0.1, 0.15) is 29.6 Å². The number of ether oxygens (including phenoxy) is 1. The highest BCUT2D eigenvalue weighted by atomic mass is 79.9. The monoisotopic (exact) mass is 331 g/mol. The Morgan fingerprint density at radius 1 is 1.50 bits per heavy atom. The van der Waals surface area contributed by atoms with Crippen molar-refractivity contribution in [1.29, 1.82) is 0 Å². The predicted molar refractivity (Wildman–Crippen MR) is 75.1 cm³/mol. The van der Waals surface area contributed by atoms with E-state index >= 15 is 0 Å². The van der Waals surface area contributed by atoms with E-state index in [2.05, 4.69) is 21.2 Å². The quantitative estimate of drug-likeness (QED) is 0.921. The van der Waals surface area contributed by atoms with E-state index in [-0.39, 0.29) is 12.0 Å². The Balaban J connectivity index is 1.90. The Morgan fingerprint density at radius 2 is 2.33 bits per heavy atom. The third-order valence-corrected chi connectivity index (χ3v) is 3.83. The molecule has 1 amide bonds. The second kappa shape index (κ2) is 6.55. The fourth-order valence-corrected chi connectivity index (χ4v) is 2.81. The molecule has 5 heteroatoms. The van der Waals surface area contributed by atoms with Crippen LogP contribution in [-0.4, -0.2) is 25.2 Å². The molecular formula is C13H15BrClNO2. The summed E-state index contributed by atoms with van der Waals surface area (Å²) in [6, 6.07) is 5.13. The number of nitrogens with one attached hydrogen (secondary N) is 1. The lowest BCUT2D eigenvalue weighted by Gasteiger charge is -2.22. The maximum absolute atomic E-state index is 12.0. The molecule has 98 valence electrons. The van der Waals surface area contributed by atoms with Crippen LogP contribution in [0.3, 0.4) is 0 Å². The maximum atomic E-state index is 12.0. The van der Waals surface area contributed by atoms with Gasteiger partial charge in [0.05, 0.1) is 11.7 Å². The second-order valence-corrected chi connectivity index (χ2v) is 5.61. The number of hydrogen-bond acceptors (Lipinski definition) is 2. The molecule has 0 aliphatic carbocycles. The summed E-state index contributed by atoms with van der Waals surface area (Å²) in [4.78, 5) is 12.0. The Kier molecular flexibility index (Phi) is 5.03. The molecule has 3 nitrogen and oxygen atoms in total. The van der Waals surface area contributed by atoms with Gasteiger partial charge >= 0.3 is 0 Å². The minimum atomic E-state index is -0.104. The Labute approximate surface area is 120 Å². The van der Waals surface area contributed by atoms with E-state index in [1.54, 1.807) is 18.2 Å². The highest BCUT2D eigenvalue weighted by Crippen LogP contribution is 2.21. The van der Waals surface area contributed by atoms with E-state index in [1.165, 1.54) is 6.42 Å². The van der Waals surface area contributed by atoms with Gasteiger partial charge in [-0.15, -0.1) is 0 Å². The molecule has 1 N–H and O–H groups in total. The molecule has 0 saturated carbocycles. The molecule has 0 bridgehead atoms. The molecule has 1 aliphatic rings. The second-order valence-electron chi connectivity index (χ2n) is 4.32. The minimum Gasteiger partial charge on any atom is -0.376 e. The lowest BCUT2D eigenvalue weighted by Crippen LogP contribution is -2.35. The van der Waals surface area contributed by atoms with E-state index in [4.69, 9.17) is 16.3 Å². The number of carbonyl (C=O) groups is 1. The van der Waals surface area contributed by atoms with Crippen LogP contribution >= 0.6 is 27.5 Å². The zero-order chi connectivity index (χ0) is 13.0. The van der Waals surface area contributed by atoms with Crippen LogP contribution in [0.2, 0.25) is 5.02 Å². The van der Waals surface area contributed by atoms with Gasteiger partial charge in [0, 0.05) is 22.6 Å². The van der Waals surface area contributed by atoms with Crippen molar-refractivity contribution in [1.82, 2.24) is 5.32 Å². The van der Waals surface area contributed by atoms with Gasteiger partial charge in [-0.1, -0.05) is 11.6 Å². The van der Waals surface area contributed by atoms with Crippen LogP contribution in [0.15, 0.2) is 22.7 Å². The van der Waals surface area contributed by atoms with E-state index in [9.17, 15) is 4.79 Å². The first-order chi connectivity index (χ1) is 8.66. The zero-order valence-corrected chi connectivity index (χ0v) is 12.3. The molecule has 18 heavy (non-hydrogen) atoms. The molecule has 1 aromatic carbocycles. The largest absolute Gasteiger partial charge is 0.376 e. The molecule has 0 radical (unpaired) electrons. The summed E-state index contributed by atoms with van der Waals surface area (Å²) in [7, 11) is 0. The smallest absolute Gasteiger partial charge is 0.252 e. The van der Waals surface area contributed by atoms with Gasteiger partial charge in [0.15, 0.2) is 0 Å². The first kappa shape index (κ1) is 13.8. The van der Waals surface area contributed by atoms with Crippen LogP contribution in [0.5, 0.6) is 0 Å². The third kappa shape index (κ3) is 3.70. The standard InChI is InChI=1S/C13H15BrClNO2/c14-12-7-9(15)4-5-11(12)13(17)16-8-10-3-1-2-6-18-10/h4-5,7,10H,1-3,6,8H2,(H,16,17). The van der Waals surface area contributed by atoms with Crippen LogP contribution in [-0.2, 0) is 4.74 Å². The molecule has 1 unspecified atom stereocenters. The maximum Gasteiger partial charge on any atom is 0.252 e. The highest BCUT2D eigenvalue weighted by Gasteiger charge is 2.16. The van der Waals surface area contributed by atoms with Crippen LogP contribution in [0, 0.1) is 0 Å². The number of carbonyl (C=O) groups excluding carboxylic acids is 1. The molecule has 1 saturated heterocycles. The van der Waals surface area contributed by atoms with Gasteiger partial charge in [-0.2, -0.15) is 0 Å². The topological polar surface area (TPSA) is 38.3 Å². The Hall–Kier alpha value is -0.580. The Morgan fingerprint density at radius 3 is 3.00 bits per heavy atom. The number of amides is 1. The fraction of sp³-hybridized carbons (Fsp3) is 0.462. The summed E-state index contributed by atoms with van der Waals surface area (Å²) in [5.41, 5.74) is 0.593. The van der Waals surface area contributed by atoms with Gasteiger partial charge in [-0.05, 0) is 53.4 Å². The molecule has 1 heterocycles. The molecular weight excluding hydrogens is 318 g/mol. The van der Waals surface area contributed by atoms with E-state index in [1.807, 2.05) is 0 Å². The number of rotatable bonds is 3. The fourth-order valence-electron chi connectivity index (χ4n) is 1.94. The number of hydrogen-bond donors (Lipinski definition) is 1. The summed E-state index contributed by atoms with van der Waals surface area (Å²) in [6.45, 7) is 1.36. The predicted octanol–water partition coefficient (Wildman–Crippen LogP) is 3.40. The van der Waals surface area contributed by atoms with Gasteiger partial charge in [0.25, 0.3) is 5.91 Å². The van der Waals surface area contributed by atoms with Crippen LogP contribution in [0.25, 0.3) is 0 Å². The molecule has 1 aliphatic heterocycles. The first-order valence-corrected chi connectivity index (χ1v) is 7.19. The van der Waals surface area contributed by atoms with Crippen molar-refractivity contribution in [3.63, 3.8) is 0 Å². The molecule has 0 aromatic heterocycles. The summed E-state index contributed by atoms with van der Waals surface area (Å²) >= 11 is 9.18. The van der Waals surface area contributed by atoms with Gasteiger partial charge < -0.3 is 10.1 Å². The van der Waals surface area contributed by atoms with Gasteiger partial charge in [-0.25, -0.2) is 0 Å². The van der Waals surface area contributed by atoms with E-state index in [0.717, 1.165) is 19.4 Å². The van der Waals surface area contributed by atoms with Crippen molar-refractivity contribution in [2.75, 3.05) is 13.2 Å². The average molecular weight is 333 g/mol. The SMILES string of the molecule is O=C(NCC1CCCCO1)c1ccc(Cl)cc1Br. The normalized spacial score (nSPS) is 19.6. The summed E-state index contributed by atoms with van der Waals surface area (Å²) < 4.78 is 6.27. The van der Waals surface area contributed by atoms with Gasteiger partial charge in [-0.3, -0.25) is 4.79 Å². The van der Waals surface area contributed by atoms with Crippen LogP contribution in [0.4, 0.5) is 0 Å². The average Bonchev–Trinajstić information content (AvgIpc) is 2.37. The minimum absolute atomic E-state index is 0.104. The van der Waals surface area contributed by atoms with Crippen molar-refractivity contribution in [3.05, 3.63) is 33.3 Å². The van der Waals surface area contributed by atoms with Crippen LogP contribution < -0.4 is 5.32 Å². The van der Waals surface area contributed by atoms with Crippen molar-refractivity contribution in [2.45, 2.75) is 25.4 Å². The van der Waals surface area contributed by atoms with Crippen molar-refractivity contribution >= 4 is 33.4 Å². The van der Waals surface area contributed by atoms with E-state index < -0.39 is 0 Å². The molecule has 2 rings (SSSR count). The highest BCUT2D eigenvalue weighted by molar-refractivity contribution is 9.10. The Bertz CT molecular complexity index is 433. The molecule has 1 fully saturated rings. The van der Waals surface area contributed by atoms with Crippen molar-refractivity contribution in [3.8, 4) is 0 Å². The van der Waals surface area contributed by atoms with Gasteiger partial charge in [0.2, 0.25) is 0 Å². The van der Waals surface area contributed by atoms with Crippen molar-refractivity contribution in [2.24, 2.45) is 0 Å². The zero-order valence-electron chi connectivity index (χ0n) is 9.92. The summed E-state index contributed by atoms with van der Waals surface area (Å²) in [5, 5.41) is 3.50. The first-order valence-electron chi connectivity index (χ1n) is 6.01. The van der Waals surface area contributed by atoms with Crippen molar-refractivity contribution < 1.29 is 9.53 Å². The number of halogens is 2. The lowest BCUT2D eigenvalue weighted by atomic mass is 10.1. The molecule has 0 spiro atoms. The molecule has 1 atom stereocenters. The summed E-state index contributed by atoms with van der Waals surface area (Å²) in [5.74, 6) is -0.104. The lowest BCUT2D eigenvalue weighted by molar-refractivity contribution is 0.0169. The number of benzene rings is 1. The van der Waals surface area contributed by atoms with Gasteiger partial charge in [0.1, 0.15) is 0 Å². The summed E-state index contributed by atoms with van der Waals surface area (Å²) in [6.07, 6.45) is 3.45. The third-order valence-electron chi connectivity index (χ3n) is 2.94.